The Morgan fingerprint density at radius 2 is 2.21 bits per heavy atom. The maximum absolute atomic E-state index is 12.2. The number of amides is 1. The van der Waals surface area contributed by atoms with Gasteiger partial charge in [0.15, 0.2) is 0 Å². The Morgan fingerprint density at radius 1 is 1.64 bits per heavy atom. The fraction of sp³-hybridized carbons (Fsp3) is 0.125. The van der Waals surface area contributed by atoms with Gasteiger partial charge in [0.25, 0.3) is 6.47 Å². The van der Waals surface area contributed by atoms with Crippen molar-refractivity contribution in [1.82, 2.24) is 4.98 Å². The molecule has 0 aliphatic rings. The van der Waals surface area contributed by atoms with Gasteiger partial charge in [0.05, 0.1) is 12.6 Å². The van der Waals surface area contributed by atoms with Crippen LogP contribution in [0.5, 0.6) is 0 Å². The number of rotatable bonds is 2. The highest BCUT2D eigenvalue weighted by atomic mass is 19.1. The van der Waals surface area contributed by atoms with E-state index in [9.17, 15) is 9.18 Å². The Labute approximate surface area is 79.4 Å². The van der Waals surface area contributed by atoms with Gasteiger partial charge in [0.2, 0.25) is 5.91 Å². The number of aromatic nitrogens is 1. The molecule has 0 fully saturated rings. The summed E-state index contributed by atoms with van der Waals surface area (Å²) in [4.78, 5) is 22.3. The molecule has 1 aromatic heterocycles. The minimum Gasteiger partial charge on any atom is -0.483 e. The minimum absolute atomic E-state index is 0.0558. The highest BCUT2D eigenvalue weighted by Crippen LogP contribution is 1.97. The Hall–Kier alpha value is -1.98. The molecule has 0 unspecified atom stereocenters. The predicted octanol–water partition coefficient (Wildman–Crippen LogP) is -0.0507. The Morgan fingerprint density at radius 3 is 2.57 bits per heavy atom. The van der Waals surface area contributed by atoms with Crippen LogP contribution in [0.15, 0.2) is 18.3 Å². The van der Waals surface area contributed by atoms with E-state index in [0.29, 0.717) is 5.69 Å². The summed E-state index contributed by atoms with van der Waals surface area (Å²) in [5.41, 5.74) is 5.37. The summed E-state index contributed by atoms with van der Waals surface area (Å²) in [5, 5.41) is 6.89. The number of nitrogens with zero attached hydrogens (tertiary/aromatic N) is 1. The topological polar surface area (TPSA) is 93.3 Å². The van der Waals surface area contributed by atoms with Gasteiger partial charge in [0, 0.05) is 5.69 Å². The van der Waals surface area contributed by atoms with E-state index < -0.39 is 11.7 Å². The van der Waals surface area contributed by atoms with Gasteiger partial charge < -0.3 is 10.8 Å². The summed E-state index contributed by atoms with van der Waals surface area (Å²) < 4.78 is 12.2. The number of hydrogen-bond donors (Lipinski definition) is 2. The molecule has 0 saturated carbocycles. The lowest BCUT2D eigenvalue weighted by atomic mass is 10.2. The molecule has 0 atom stereocenters. The summed E-state index contributed by atoms with van der Waals surface area (Å²) in [6.45, 7) is -0.250. The molecule has 1 aromatic rings. The molecule has 0 aliphatic carbocycles. The molecule has 76 valence electrons. The number of primary amides is 1. The normalized spacial score (nSPS) is 8.36. The highest BCUT2D eigenvalue weighted by Gasteiger charge is 1.98. The zero-order valence-electron chi connectivity index (χ0n) is 7.18. The summed E-state index contributed by atoms with van der Waals surface area (Å²) in [6.07, 6.45) is 1.11. The molecule has 0 aliphatic heterocycles. The molecule has 1 amide bonds. The van der Waals surface area contributed by atoms with Gasteiger partial charge >= 0.3 is 0 Å². The summed E-state index contributed by atoms with van der Waals surface area (Å²) in [5.74, 6) is -0.887. The van der Waals surface area contributed by atoms with Crippen LogP contribution >= 0.6 is 0 Å². The van der Waals surface area contributed by atoms with E-state index >= 15 is 0 Å². The molecule has 0 radical (unpaired) electrons. The molecule has 6 heteroatoms. The quantitative estimate of drug-likeness (QED) is 0.654. The van der Waals surface area contributed by atoms with Crippen LogP contribution < -0.4 is 5.73 Å². The fourth-order valence-electron chi connectivity index (χ4n) is 0.690. The third-order valence-electron chi connectivity index (χ3n) is 1.14. The first-order valence-corrected chi connectivity index (χ1v) is 3.56. The van der Waals surface area contributed by atoms with Crippen LogP contribution in [-0.4, -0.2) is 22.5 Å². The van der Waals surface area contributed by atoms with Crippen molar-refractivity contribution in [3.63, 3.8) is 0 Å². The van der Waals surface area contributed by atoms with Gasteiger partial charge in [-0.1, -0.05) is 0 Å². The molecule has 1 heterocycles. The fourth-order valence-corrected chi connectivity index (χ4v) is 0.690. The number of carbonyl (C=O) groups is 2. The van der Waals surface area contributed by atoms with Crippen LogP contribution in [0.1, 0.15) is 5.69 Å². The molecule has 1 rings (SSSR count). The van der Waals surface area contributed by atoms with Crippen LogP contribution in [0, 0.1) is 5.82 Å². The Kier molecular flexibility index (Phi) is 5.60. The maximum atomic E-state index is 12.2. The lowest BCUT2D eigenvalue weighted by Gasteiger charge is -1.94. The van der Waals surface area contributed by atoms with Gasteiger partial charge in [-0.05, 0) is 12.1 Å². The first-order chi connectivity index (χ1) is 6.60. The average molecular weight is 200 g/mol. The van der Waals surface area contributed by atoms with E-state index in [4.69, 9.17) is 15.6 Å². The third-order valence-corrected chi connectivity index (χ3v) is 1.14. The van der Waals surface area contributed by atoms with Crippen molar-refractivity contribution < 1.29 is 19.1 Å². The highest BCUT2D eigenvalue weighted by molar-refractivity contribution is 5.75. The summed E-state index contributed by atoms with van der Waals surface area (Å²) >= 11 is 0. The lowest BCUT2D eigenvalue weighted by Crippen LogP contribution is -2.14. The summed E-state index contributed by atoms with van der Waals surface area (Å²) in [7, 11) is 0. The number of halogens is 1. The van der Waals surface area contributed by atoms with Gasteiger partial charge in [-0.2, -0.15) is 0 Å². The first-order valence-electron chi connectivity index (χ1n) is 3.56. The average Bonchev–Trinajstić information content (AvgIpc) is 2.09. The predicted molar refractivity (Wildman–Crippen MR) is 45.8 cm³/mol. The SMILES string of the molecule is NC(=O)Cc1ccc(F)cn1.O=CO. The second kappa shape index (κ2) is 6.53. The third kappa shape index (κ3) is 5.64. The summed E-state index contributed by atoms with van der Waals surface area (Å²) in [6, 6.07) is 2.67. The molecule has 0 aromatic carbocycles. The second-order valence-corrected chi connectivity index (χ2v) is 2.22. The van der Waals surface area contributed by atoms with E-state index in [1.807, 2.05) is 0 Å². The number of pyridine rings is 1. The van der Waals surface area contributed by atoms with Crippen molar-refractivity contribution in [2.24, 2.45) is 5.73 Å². The number of nitrogens with two attached hydrogens (primary N) is 1. The van der Waals surface area contributed by atoms with E-state index in [1.165, 1.54) is 12.1 Å². The van der Waals surface area contributed by atoms with Crippen molar-refractivity contribution in [2.45, 2.75) is 6.42 Å². The molecule has 0 saturated heterocycles. The molecule has 3 N–H and O–H groups in total. The van der Waals surface area contributed by atoms with Crippen LogP contribution in [0.25, 0.3) is 0 Å². The van der Waals surface area contributed by atoms with E-state index in [-0.39, 0.29) is 12.9 Å². The molecule has 5 nitrogen and oxygen atoms in total. The Bertz CT molecular complexity index is 300. The van der Waals surface area contributed by atoms with Gasteiger partial charge in [-0.25, -0.2) is 4.39 Å². The Balaban J connectivity index is 0.000000500. The van der Waals surface area contributed by atoms with E-state index in [1.54, 1.807) is 0 Å². The van der Waals surface area contributed by atoms with Crippen molar-refractivity contribution in [2.75, 3.05) is 0 Å². The molecule has 0 spiro atoms. The van der Waals surface area contributed by atoms with Crippen LogP contribution in [-0.2, 0) is 16.0 Å². The number of hydrogen-bond acceptors (Lipinski definition) is 3. The van der Waals surface area contributed by atoms with Crippen molar-refractivity contribution in [1.29, 1.82) is 0 Å². The van der Waals surface area contributed by atoms with Crippen molar-refractivity contribution in [3.8, 4) is 0 Å². The van der Waals surface area contributed by atoms with Crippen molar-refractivity contribution in [3.05, 3.63) is 29.8 Å². The molecular formula is C8H9FN2O3. The zero-order valence-corrected chi connectivity index (χ0v) is 7.18. The van der Waals surface area contributed by atoms with Crippen molar-refractivity contribution >= 4 is 12.4 Å². The molecular weight excluding hydrogens is 191 g/mol. The monoisotopic (exact) mass is 200 g/mol. The standard InChI is InChI=1S/C7H7FN2O.CH2O2/c8-5-1-2-6(10-4-5)3-7(9)11;2-1-3/h1-2,4H,3H2,(H2,9,11);1H,(H,2,3). The van der Waals surface area contributed by atoms with Crippen LogP contribution in [0.4, 0.5) is 4.39 Å². The molecule has 14 heavy (non-hydrogen) atoms. The van der Waals surface area contributed by atoms with Crippen LogP contribution in [0.3, 0.4) is 0 Å². The zero-order chi connectivity index (χ0) is 11.0. The molecule has 0 bridgehead atoms. The van der Waals surface area contributed by atoms with E-state index in [2.05, 4.69) is 4.98 Å². The smallest absolute Gasteiger partial charge is 0.290 e. The lowest BCUT2D eigenvalue weighted by molar-refractivity contribution is -0.123. The maximum Gasteiger partial charge on any atom is 0.290 e. The minimum atomic E-state index is -0.468. The van der Waals surface area contributed by atoms with E-state index in [0.717, 1.165) is 6.20 Å². The second-order valence-electron chi connectivity index (χ2n) is 2.22. The largest absolute Gasteiger partial charge is 0.483 e. The van der Waals surface area contributed by atoms with Gasteiger partial charge in [-0.3, -0.25) is 14.6 Å². The first kappa shape index (κ1) is 12.0. The number of carbonyl (C=O) groups excluding carboxylic acids is 1. The van der Waals surface area contributed by atoms with Crippen LogP contribution in [0.2, 0.25) is 0 Å². The van der Waals surface area contributed by atoms with Gasteiger partial charge in [-0.15, -0.1) is 0 Å². The number of carboxylic acid groups (broad SMARTS) is 1. The van der Waals surface area contributed by atoms with Gasteiger partial charge in [0.1, 0.15) is 5.82 Å².